The minimum atomic E-state index is -0.443. The van der Waals surface area contributed by atoms with Crippen molar-refractivity contribution in [3.8, 4) is 0 Å². The fourth-order valence-corrected chi connectivity index (χ4v) is 2.97. The molecule has 2 unspecified atom stereocenters. The number of piperidine rings is 2. The van der Waals surface area contributed by atoms with Gasteiger partial charge in [-0.05, 0) is 52.9 Å². The first-order chi connectivity index (χ1) is 7.87. The summed E-state index contributed by atoms with van der Waals surface area (Å²) in [5, 5.41) is 9.77. The second kappa shape index (κ2) is 4.48. The van der Waals surface area contributed by atoms with Crippen molar-refractivity contribution in [2.24, 2.45) is 0 Å². The van der Waals surface area contributed by atoms with Gasteiger partial charge in [-0.3, -0.25) is 0 Å². The van der Waals surface area contributed by atoms with E-state index in [1.807, 2.05) is 25.7 Å². The van der Waals surface area contributed by atoms with Crippen LogP contribution >= 0.6 is 0 Å². The van der Waals surface area contributed by atoms with Crippen LogP contribution in [-0.2, 0) is 4.74 Å². The predicted octanol–water partition coefficient (Wildman–Crippen LogP) is 2.30. The summed E-state index contributed by atoms with van der Waals surface area (Å²) >= 11 is 0. The van der Waals surface area contributed by atoms with Crippen molar-refractivity contribution >= 4 is 6.09 Å². The maximum Gasteiger partial charge on any atom is 0.410 e. The number of carbonyl (C=O) groups is 1. The fraction of sp³-hybridized carbons (Fsp3) is 0.923. The Bertz CT molecular complexity index is 284. The van der Waals surface area contributed by atoms with Crippen LogP contribution in [0.2, 0.25) is 0 Å². The van der Waals surface area contributed by atoms with E-state index in [0.29, 0.717) is 12.8 Å². The van der Waals surface area contributed by atoms with Gasteiger partial charge in [-0.15, -0.1) is 0 Å². The smallest absolute Gasteiger partial charge is 0.410 e. The van der Waals surface area contributed by atoms with E-state index in [9.17, 15) is 9.90 Å². The Morgan fingerprint density at radius 1 is 1.24 bits per heavy atom. The molecule has 0 aromatic carbocycles. The van der Waals surface area contributed by atoms with Crippen molar-refractivity contribution in [2.75, 3.05) is 0 Å². The highest BCUT2D eigenvalue weighted by atomic mass is 16.6. The zero-order valence-electron chi connectivity index (χ0n) is 11.0. The van der Waals surface area contributed by atoms with E-state index in [0.717, 1.165) is 19.3 Å². The van der Waals surface area contributed by atoms with Crippen molar-refractivity contribution in [3.05, 3.63) is 0 Å². The summed E-state index contributed by atoms with van der Waals surface area (Å²) in [6, 6.07) is 0.347. The number of rotatable bonds is 0. The van der Waals surface area contributed by atoms with Crippen LogP contribution in [0, 0.1) is 0 Å². The van der Waals surface area contributed by atoms with Crippen LogP contribution in [0.25, 0.3) is 0 Å². The fourth-order valence-electron chi connectivity index (χ4n) is 2.97. The molecule has 2 bridgehead atoms. The average Bonchev–Trinajstić information content (AvgIpc) is 2.12. The van der Waals surface area contributed by atoms with Crippen LogP contribution < -0.4 is 0 Å². The first kappa shape index (κ1) is 12.7. The molecule has 2 fully saturated rings. The molecule has 0 spiro atoms. The van der Waals surface area contributed by atoms with Crippen LogP contribution in [0.3, 0.4) is 0 Å². The second-order valence-electron chi connectivity index (χ2n) is 6.25. The maximum atomic E-state index is 12.2. The monoisotopic (exact) mass is 241 g/mol. The third kappa shape index (κ3) is 2.92. The number of aliphatic hydroxyl groups is 1. The van der Waals surface area contributed by atoms with E-state index in [2.05, 4.69) is 0 Å². The highest BCUT2D eigenvalue weighted by Gasteiger charge is 2.41. The van der Waals surface area contributed by atoms with E-state index in [4.69, 9.17) is 4.74 Å². The van der Waals surface area contributed by atoms with Gasteiger partial charge in [-0.25, -0.2) is 4.79 Å². The van der Waals surface area contributed by atoms with Crippen molar-refractivity contribution in [1.82, 2.24) is 4.90 Å². The number of hydrogen-bond donors (Lipinski definition) is 1. The van der Waals surface area contributed by atoms with Gasteiger partial charge in [0, 0.05) is 12.1 Å². The molecule has 0 aromatic heterocycles. The van der Waals surface area contributed by atoms with Crippen molar-refractivity contribution < 1.29 is 14.6 Å². The van der Waals surface area contributed by atoms with Crippen molar-refractivity contribution in [2.45, 2.75) is 76.7 Å². The number of hydrogen-bond acceptors (Lipinski definition) is 3. The van der Waals surface area contributed by atoms with Gasteiger partial charge in [-0.2, -0.15) is 0 Å². The van der Waals surface area contributed by atoms with Crippen LogP contribution in [0.4, 0.5) is 4.79 Å². The Labute approximate surface area is 103 Å². The highest BCUT2D eigenvalue weighted by molar-refractivity contribution is 5.69. The lowest BCUT2D eigenvalue weighted by Gasteiger charge is -2.47. The van der Waals surface area contributed by atoms with Gasteiger partial charge >= 0.3 is 6.09 Å². The van der Waals surface area contributed by atoms with Gasteiger partial charge < -0.3 is 14.7 Å². The summed E-state index contributed by atoms with van der Waals surface area (Å²) in [5.41, 5.74) is -0.443. The van der Waals surface area contributed by atoms with Gasteiger partial charge in [-0.1, -0.05) is 0 Å². The summed E-state index contributed by atoms with van der Waals surface area (Å²) in [6.07, 6.45) is 4.09. The molecule has 2 aliphatic heterocycles. The SMILES string of the molecule is CC(C)(C)OC(=O)N1C2CCCC1CC(O)C2. The second-order valence-corrected chi connectivity index (χ2v) is 6.25. The van der Waals surface area contributed by atoms with E-state index >= 15 is 0 Å². The number of ether oxygens (including phenoxy) is 1. The lowest BCUT2D eigenvalue weighted by atomic mass is 9.83. The summed E-state index contributed by atoms with van der Waals surface area (Å²) in [6.45, 7) is 5.67. The first-order valence-electron chi connectivity index (χ1n) is 6.56. The van der Waals surface area contributed by atoms with Gasteiger partial charge in [0.2, 0.25) is 0 Å². The quantitative estimate of drug-likeness (QED) is 0.708. The summed E-state index contributed by atoms with van der Waals surface area (Å²) in [4.78, 5) is 14.0. The molecule has 2 saturated heterocycles. The Balaban J connectivity index is 2.07. The third-order valence-corrected chi connectivity index (χ3v) is 3.55. The average molecular weight is 241 g/mol. The molecule has 0 radical (unpaired) electrons. The van der Waals surface area contributed by atoms with Crippen molar-refractivity contribution in [3.63, 3.8) is 0 Å². The zero-order chi connectivity index (χ0) is 12.6. The summed E-state index contributed by atoms with van der Waals surface area (Å²) < 4.78 is 5.45. The lowest BCUT2D eigenvalue weighted by Crippen LogP contribution is -2.56. The van der Waals surface area contributed by atoms with Crippen molar-refractivity contribution in [1.29, 1.82) is 0 Å². The molecule has 98 valence electrons. The van der Waals surface area contributed by atoms with Gasteiger partial charge in [0.25, 0.3) is 0 Å². The topological polar surface area (TPSA) is 49.8 Å². The van der Waals surface area contributed by atoms with E-state index in [-0.39, 0.29) is 24.3 Å². The Kier molecular flexibility index (Phi) is 3.34. The molecule has 0 saturated carbocycles. The Morgan fingerprint density at radius 2 is 1.76 bits per heavy atom. The van der Waals surface area contributed by atoms with Gasteiger partial charge in [0.1, 0.15) is 5.60 Å². The molecular formula is C13H23NO3. The van der Waals surface area contributed by atoms with Crippen LogP contribution in [-0.4, -0.2) is 39.9 Å². The van der Waals surface area contributed by atoms with Gasteiger partial charge in [0.05, 0.1) is 6.10 Å². The maximum absolute atomic E-state index is 12.2. The molecule has 2 heterocycles. The van der Waals surface area contributed by atoms with E-state index < -0.39 is 5.60 Å². The minimum absolute atomic E-state index is 0.173. The molecule has 2 aliphatic rings. The molecule has 1 amide bonds. The number of fused-ring (bicyclic) bond motifs is 2. The van der Waals surface area contributed by atoms with Gasteiger partial charge in [0.15, 0.2) is 0 Å². The highest BCUT2D eigenvalue weighted by Crippen LogP contribution is 2.35. The molecule has 0 aromatic rings. The largest absolute Gasteiger partial charge is 0.444 e. The molecule has 2 atom stereocenters. The Hall–Kier alpha value is -0.770. The lowest BCUT2D eigenvalue weighted by molar-refractivity contribution is -0.0455. The molecule has 2 rings (SSSR count). The number of aliphatic hydroxyl groups excluding tert-OH is 1. The van der Waals surface area contributed by atoms with Crippen LogP contribution in [0.5, 0.6) is 0 Å². The summed E-state index contributed by atoms with van der Waals surface area (Å²) in [5.74, 6) is 0. The standard InChI is InChI=1S/C13H23NO3/c1-13(2,3)17-12(16)14-9-5-4-6-10(14)8-11(15)7-9/h9-11,15H,4-8H2,1-3H3. The molecule has 0 aliphatic carbocycles. The van der Waals surface area contributed by atoms with Crippen LogP contribution in [0.15, 0.2) is 0 Å². The van der Waals surface area contributed by atoms with E-state index in [1.165, 1.54) is 0 Å². The molecule has 17 heavy (non-hydrogen) atoms. The minimum Gasteiger partial charge on any atom is -0.444 e. The van der Waals surface area contributed by atoms with E-state index in [1.54, 1.807) is 0 Å². The molecule has 4 nitrogen and oxygen atoms in total. The van der Waals surface area contributed by atoms with Crippen LogP contribution in [0.1, 0.15) is 52.9 Å². The number of nitrogens with zero attached hydrogens (tertiary/aromatic N) is 1. The number of amides is 1. The zero-order valence-corrected chi connectivity index (χ0v) is 11.0. The Morgan fingerprint density at radius 3 is 2.24 bits per heavy atom. The molecule has 4 heteroatoms. The molecular weight excluding hydrogens is 218 g/mol. The first-order valence-corrected chi connectivity index (χ1v) is 6.56. The summed E-state index contributed by atoms with van der Waals surface area (Å²) in [7, 11) is 0. The normalized spacial score (nSPS) is 33.4. The third-order valence-electron chi connectivity index (χ3n) is 3.55. The number of carbonyl (C=O) groups excluding carboxylic acids is 1. The predicted molar refractivity (Wildman–Crippen MR) is 64.7 cm³/mol. The molecule has 1 N–H and O–H groups in total.